The number of nitrogens with one attached hydrogen (secondary N) is 3. The molecule has 1 fully saturated rings. The normalized spacial score (nSPS) is 14.3. The highest BCUT2D eigenvalue weighted by Crippen LogP contribution is 2.36. The Morgan fingerprint density at radius 3 is 2.85 bits per heavy atom. The van der Waals surface area contributed by atoms with Crippen molar-refractivity contribution >= 4 is 57.3 Å². The van der Waals surface area contributed by atoms with Gasteiger partial charge in [0.2, 0.25) is 5.95 Å². The predicted octanol–water partition coefficient (Wildman–Crippen LogP) is 3.09. The molecule has 0 radical (unpaired) electrons. The van der Waals surface area contributed by atoms with Crippen LogP contribution in [0.2, 0.25) is 5.02 Å². The topological polar surface area (TPSA) is 150 Å². The van der Waals surface area contributed by atoms with E-state index in [4.69, 9.17) is 21.7 Å². The van der Waals surface area contributed by atoms with Crippen molar-refractivity contribution < 1.29 is 9.90 Å². The maximum atomic E-state index is 10.9. The number of pyridine rings is 1. The number of anilines is 3. The Morgan fingerprint density at radius 2 is 2.15 bits per heavy atom. The number of aryl methyl sites for hydroxylation is 1. The third-order valence-electron chi connectivity index (χ3n) is 5.56. The summed E-state index contributed by atoms with van der Waals surface area (Å²) in [5, 5.41) is 24.3. The molecule has 1 saturated heterocycles. The van der Waals surface area contributed by atoms with Crippen LogP contribution in [-0.2, 0) is 6.42 Å². The van der Waals surface area contributed by atoms with Crippen molar-refractivity contribution in [3.05, 3.63) is 23.0 Å². The van der Waals surface area contributed by atoms with Gasteiger partial charge in [0.15, 0.2) is 5.65 Å². The van der Waals surface area contributed by atoms with Crippen LogP contribution in [0.4, 0.5) is 22.2 Å². The quantitative estimate of drug-likeness (QED) is 0.333. The summed E-state index contributed by atoms with van der Waals surface area (Å²) in [4.78, 5) is 30.0. The van der Waals surface area contributed by atoms with E-state index in [0.717, 1.165) is 11.1 Å². The highest BCUT2D eigenvalue weighted by atomic mass is 35.5. The van der Waals surface area contributed by atoms with Crippen molar-refractivity contribution in [3.63, 3.8) is 0 Å². The molecule has 1 amide bonds. The smallest absolute Gasteiger partial charge is 0.405 e. The number of amides is 1. The first-order valence-electron chi connectivity index (χ1n) is 10.6. The number of hydrogen-bond acceptors (Lipinski definition) is 8. The fourth-order valence-corrected chi connectivity index (χ4v) is 4.27. The zero-order valence-corrected chi connectivity index (χ0v) is 19.1. The number of aromatic nitrogens is 7. The van der Waals surface area contributed by atoms with Gasteiger partial charge < -0.3 is 25.6 Å². The number of nitrogens with zero attached hydrogens (tertiary/aromatic N) is 7. The third-order valence-corrected chi connectivity index (χ3v) is 5.98. The Labute approximate surface area is 193 Å². The van der Waals surface area contributed by atoms with Gasteiger partial charge in [0.1, 0.15) is 17.0 Å². The summed E-state index contributed by atoms with van der Waals surface area (Å²) in [6.07, 6.45) is 1.36. The van der Waals surface area contributed by atoms with Crippen molar-refractivity contribution in [2.45, 2.75) is 39.3 Å². The van der Waals surface area contributed by atoms with Gasteiger partial charge in [-0.05, 0) is 26.3 Å². The van der Waals surface area contributed by atoms with Crippen molar-refractivity contribution in [3.8, 4) is 0 Å². The molecule has 0 bridgehead atoms. The number of H-pyrrole nitrogens is 1. The van der Waals surface area contributed by atoms with E-state index in [-0.39, 0.29) is 12.1 Å². The Hall–Kier alpha value is -3.67. The summed E-state index contributed by atoms with van der Waals surface area (Å²) < 4.78 is 1.76. The second kappa shape index (κ2) is 8.03. The van der Waals surface area contributed by atoms with Gasteiger partial charge >= 0.3 is 6.09 Å². The lowest BCUT2D eigenvalue weighted by Gasteiger charge is -2.40. The zero-order valence-electron chi connectivity index (χ0n) is 18.3. The van der Waals surface area contributed by atoms with Crippen LogP contribution in [0.25, 0.3) is 22.2 Å². The van der Waals surface area contributed by atoms with E-state index in [1.807, 2.05) is 31.7 Å². The zero-order chi connectivity index (χ0) is 23.3. The molecule has 12 nitrogen and oxygen atoms in total. The van der Waals surface area contributed by atoms with Gasteiger partial charge in [0.25, 0.3) is 0 Å². The SMILES string of the molecule is CCc1[nH]c2nc(Nc3cnc4c(c3)nnn4C(C)C)nc(N3CC(NC(=O)O)C3)c2c1Cl. The maximum absolute atomic E-state index is 10.9. The van der Waals surface area contributed by atoms with E-state index in [1.165, 1.54) is 0 Å². The first-order valence-corrected chi connectivity index (χ1v) is 11.0. The van der Waals surface area contributed by atoms with Crippen molar-refractivity contribution in [2.75, 3.05) is 23.3 Å². The molecule has 0 aliphatic carbocycles. The molecule has 1 aliphatic heterocycles. The molecule has 0 spiro atoms. The molecule has 4 aromatic heterocycles. The minimum atomic E-state index is -1.04. The molecule has 0 atom stereocenters. The van der Waals surface area contributed by atoms with Crippen LogP contribution >= 0.6 is 11.6 Å². The molecule has 0 saturated carbocycles. The van der Waals surface area contributed by atoms with E-state index in [0.29, 0.717) is 58.8 Å². The molecule has 4 N–H and O–H groups in total. The second-order valence-corrected chi connectivity index (χ2v) is 8.61. The monoisotopic (exact) mass is 470 g/mol. The highest BCUT2D eigenvalue weighted by Gasteiger charge is 2.32. The van der Waals surface area contributed by atoms with Crippen LogP contribution in [0.1, 0.15) is 32.5 Å². The van der Waals surface area contributed by atoms with Crippen LogP contribution in [0.5, 0.6) is 0 Å². The standard InChI is InChI=1S/C20H23ClN10O2/c1-4-12-15(21)14-16(25-12)26-19(27-18(14)30-7-11(8-30)24-20(32)33)23-10-5-13-17(22-6-10)31(9(2)3)29-28-13/h5-6,9,11,24H,4,7-8H2,1-3H3,(H,32,33)(H2,23,25,26,27). The Kier molecular flexibility index (Phi) is 5.16. The molecule has 0 unspecified atom stereocenters. The third kappa shape index (κ3) is 3.75. The molecule has 172 valence electrons. The summed E-state index contributed by atoms with van der Waals surface area (Å²) >= 11 is 6.62. The van der Waals surface area contributed by atoms with Crippen LogP contribution in [0.3, 0.4) is 0 Å². The molecule has 5 rings (SSSR count). The van der Waals surface area contributed by atoms with Crippen LogP contribution in [0.15, 0.2) is 12.3 Å². The number of halogens is 1. The lowest BCUT2D eigenvalue weighted by atomic mass is 10.1. The van der Waals surface area contributed by atoms with Gasteiger partial charge in [-0.15, -0.1) is 5.10 Å². The van der Waals surface area contributed by atoms with Gasteiger partial charge in [-0.1, -0.05) is 23.7 Å². The van der Waals surface area contributed by atoms with Crippen LogP contribution in [-0.4, -0.2) is 65.3 Å². The number of rotatable bonds is 6. The Bertz CT molecular complexity index is 1360. The van der Waals surface area contributed by atoms with Crippen LogP contribution in [0, 0.1) is 0 Å². The van der Waals surface area contributed by atoms with Gasteiger partial charge in [-0.25, -0.2) is 14.5 Å². The molecular formula is C20H23ClN10O2. The molecular weight excluding hydrogens is 448 g/mol. The number of fused-ring (bicyclic) bond motifs is 2. The van der Waals surface area contributed by atoms with Gasteiger partial charge in [-0.3, -0.25) is 0 Å². The van der Waals surface area contributed by atoms with Gasteiger partial charge in [0.05, 0.1) is 34.4 Å². The fourth-order valence-electron chi connectivity index (χ4n) is 3.92. The van der Waals surface area contributed by atoms with E-state index in [1.54, 1.807) is 10.9 Å². The van der Waals surface area contributed by atoms with Gasteiger partial charge in [-0.2, -0.15) is 9.97 Å². The van der Waals surface area contributed by atoms with E-state index < -0.39 is 6.09 Å². The van der Waals surface area contributed by atoms with Crippen molar-refractivity contribution in [1.82, 2.24) is 40.2 Å². The number of carboxylic acid groups (broad SMARTS) is 1. The minimum Gasteiger partial charge on any atom is -0.465 e. The predicted molar refractivity (Wildman–Crippen MR) is 124 cm³/mol. The Morgan fingerprint density at radius 1 is 1.36 bits per heavy atom. The Balaban J connectivity index is 1.50. The van der Waals surface area contributed by atoms with E-state index in [2.05, 4.69) is 35.9 Å². The minimum absolute atomic E-state index is 0.149. The number of hydrogen-bond donors (Lipinski definition) is 4. The lowest BCUT2D eigenvalue weighted by molar-refractivity contribution is 0.187. The highest BCUT2D eigenvalue weighted by molar-refractivity contribution is 6.37. The largest absolute Gasteiger partial charge is 0.465 e. The molecule has 13 heteroatoms. The summed E-state index contributed by atoms with van der Waals surface area (Å²) in [6.45, 7) is 7.03. The maximum Gasteiger partial charge on any atom is 0.405 e. The van der Waals surface area contributed by atoms with Crippen molar-refractivity contribution in [1.29, 1.82) is 0 Å². The molecule has 4 aromatic rings. The van der Waals surface area contributed by atoms with E-state index >= 15 is 0 Å². The first-order chi connectivity index (χ1) is 15.8. The van der Waals surface area contributed by atoms with Gasteiger partial charge in [0, 0.05) is 18.8 Å². The number of carbonyl (C=O) groups is 1. The summed E-state index contributed by atoms with van der Waals surface area (Å²) in [6, 6.07) is 1.83. The first kappa shape index (κ1) is 21.2. The molecule has 0 aromatic carbocycles. The molecule has 5 heterocycles. The average Bonchev–Trinajstić information content (AvgIpc) is 3.30. The second-order valence-electron chi connectivity index (χ2n) is 8.24. The van der Waals surface area contributed by atoms with E-state index in [9.17, 15) is 4.79 Å². The van der Waals surface area contributed by atoms with Crippen molar-refractivity contribution in [2.24, 2.45) is 0 Å². The number of aromatic amines is 1. The summed E-state index contributed by atoms with van der Waals surface area (Å²) in [5.74, 6) is 1.01. The lowest BCUT2D eigenvalue weighted by Crippen LogP contribution is -2.59. The fraction of sp³-hybridized carbons (Fsp3) is 0.400. The molecule has 33 heavy (non-hydrogen) atoms. The van der Waals surface area contributed by atoms with Crippen LogP contribution < -0.4 is 15.5 Å². The molecule has 1 aliphatic rings. The summed E-state index contributed by atoms with van der Waals surface area (Å²) in [7, 11) is 0. The average molecular weight is 471 g/mol. The summed E-state index contributed by atoms with van der Waals surface area (Å²) in [5.41, 5.74) is 3.52.